The second-order valence-corrected chi connectivity index (χ2v) is 6.20. The summed E-state index contributed by atoms with van der Waals surface area (Å²) in [6.45, 7) is 0.751. The summed E-state index contributed by atoms with van der Waals surface area (Å²) in [5, 5.41) is 3.31. The van der Waals surface area contributed by atoms with Crippen LogP contribution in [0.2, 0.25) is 0 Å². The molecule has 7 heteroatoms. The lowest BCUT2D eigenvalue weighted by molar-refractivity contribution is -0.136. The molecule has 0 bridgehead atoms. The molecule has 1 aliphatic rings. The molecule has 2 aromatic rings. The number of carbonyl (C=O) groups excluding carboxylic acids is 2. The monoisotopic (exact) mass is 319 g/mol. The van der Waals surface area contributed by atoms with E-state index >= 15 is 0 Å². The number of likely N-dealkylation sites (tertiary alicyclic amines) is 1. The number of anilines is 1. The zero-order valence-electron chi connectivity index (χ0n) is 12.3. The van der Waals surface area contributed by atoms with Gasteiger partial charge in [0.1, 0.15) is 5.75 Å². The van der Waals surface area contributed by atoms with Gasteiger partial charge in [0, 0.05) is 13.0 Å². The van der Waals surface area contributed by atoms with Crippen LogP contribution in [-0.4, -0.2) is 41.9 Å². The van der Waals surface area contributed by atoms with E-state index in [-0.39, 0.29) is 18.4 Å². The average Bonchev–Trinajstić information content (AvgIpc) is 2.90. The lowest BCUT2D eigenvalue weighted by atomic mass is 10.1. The molecule has 1 aliphatic heterocycles. The number of amides is 2. The van der Waals surface area contributed by atoms with Crippen molar-refractivity contribution < 1.29 is 14.3 Å². The van der Waals surface area contributed by atoms with Gasteiger partial charge in [-0.2, -0.15) is 0 Å². The van der Waals surface area contributed by atoms with Crippen LogP contribution in [0.25, 0.3) is 10.2 Å². The van der Waals surface area contributed by atoms with E-state index in [4.69, 9.17) is 4.74 Å². The first-order chi connectivity index (χ1) is 10.7. The van der Waals surface area contributed by atoms with Crippen LogP contribution in [0.4, 0.5) is 5.13 Å². The molecule has 0 unspecified atom stereocenters. The van der Waals surface area contributed by atoms with E-state index in [9.17, 15) is 9.59 Å². The Hall–Kier alpha value is -2.15. The van der Waals surface area contributed by atoms with E-state index < -0.39 is 0 Å². The predicted molar refractivity (Wildman–Crippen MR) is 85.2 cm³/mol. The van der Waals surface area contributed by atoms with Gasteiger partial charge in [-0.1, -0.05) is 11.3 Å². The van der Waals surface area contributed by atoms with Crippen LogP contribution in [0.3, 0.4) is 0 Å². The number of nitrogens with zero attached hydrogens (tertiary/aromatic N) is 2. The maximum Gasteiger partial charge on any atom is 0.245 e. The molecule has 0 radical (unpaired) electrons. The number of carbonyl (C=O) groups is 2. The third kappa shape index (κ3) is 3.19. The molecule has 1 aromatic carbocycles. The molecule has 1 N–H and O–H groups in total. The highest BCUT2D eigenvalue weighted by Crippen LogP contribution is 2.29. The van der Waals surface area contributed by atoms with Gasteiger partial charge in [-0.3, -0.25) is 9.59 Å². The van der Waals surface area contributed by atoms with Crippen LogP contribution in [0, 0.1) is 0 Å². The Morgan fingerprint density at radius 1 is 1.45 bits per heavy atom. The van der Waals surface area contributed by atoms with Crippen LogP contribution >= 0.6 is 11.3 Å². The second kappa shape index (κ2) is 6.31. The Kier molecular flexibility index (Phi) is 4.24. The van der Waals surface area contributed by atoms with Gasteiger partial charge in [-0.15, -0.1) is 0 Å². The molecule has 1 fully saturated rings. The van der Waals surface area contributed by atoms with E-state index in [0.29, 0.717) is 18.1 Å². The molecule has 6 nitrogen and oxygen atoms in total. The van der Waals surface area contributed by atoms with Crippen molar-refractivity contribution in [1.82, 2.24) is 9.88 Å². The highest BCUT2D eigenvalue weighted by Gasteiger charge is 2.20. The summed E-state index contributed by atoms with van der Waals surface area (Å²) in [6, 6.07) is 5.57. The first-order valence-corrected chi connectivity index (χ1v) is 7.99. The smallest absolute Gasteiger partial charge is 0.245 e. The zero-order chi connectivity index (χ0) is 15.5. The number of ether oxygens (including phenoxy) is 1. The fraction of sp³-hybridized carbons (Fsp3) is 0.400. The summed E-state index contributed by atoms with van der Waals surface area (Å²) in [5.41, 5.74) is 0.815. The zero-order valence-corrected chi connectivity index (χ0v) is 13.1. The van der Waals surface area contributed by atoms with Crippen molar-refractivity contribution in [2.24, 2.45) is 0 Å². The minimum absolute atomic E-state index is 0.0513. The molecule has 2 amide bonds. The van der Waals surface area contributed by atoms with Crippen LogP contribution in [0.5, 0.6) is 5.75 Å². The van der Waals surface area contributed by atoms with Crippen LogP contribution in [-0.2, 0) is 9.59 Å². The number of thiazole rings is 1. The molecule has 0 saturated carbocycles. The fourth-order valence-corrected chi connectivity index (χ4v) is 3.36. The highest BCUT2D eigenvalue weighted by molar-refractivity contribution is 7.22. The topological polar surface area (TPSA) is 71.5 Å². The SMILES string of the molecule is COc1ccc2nc(NC(=O)CN3CCCCC3=O)sc2c1. The molecule has 3 rings (SSSR count). The van der Waals surface area contributed by atoms with Crippen LogP contribution in [0.1, 0.15) is 19.3 Å². The van der Waals surface area contributed by atoms with E-state index in [1.807, 2.05) is 18.2 Å². The van der Waals surface area contributed by atoms with Crippen LogP contribution in [0.15, 0.2) is 18.2 Å². The number of fused-ring (bicyclic) bond motifs is 1. The summed E-state index contributed by atoms with van der Waals surface area (Å²) in [5.74, 6) is 0.602. The summed E-state index contributed by atoms with van der Waals surface area (Å²) in [7, 11) is 1.61. The molecule has 1 aromatic heterocycles. The van der Waals surface area contributed by atoms with Gasteiger partial charge in [-0.05, 0) is 31.0 Å². The normalized spacial score (nSPS) is 15.1. The molecule has 0 atom stereocenters. The lowest BCUT2D eigenvalue weighted by Crippen LogP contribution is -2.40. The standard InChI is InChI=1S/C15H17N3O3S/c1-21-10-5-6-11-12(8-10)22-15(16-11)17-13(19)9-18-7-3-2-4-14(18)20/h5-6,8H,2-4,7,9H2,1H3,(H,16,17,19). The quantitative estimate of drug-likeness (QED) is 0.938. The number of benzene rings is 1. The third-order valence-corrected chi connectivity index (χ3v) is 4.53. The molecule has 0 aliphatic carbocycles. The first kappa shape index (κ1) is 14.8. The maximum atomic E-state index is 12.1. The van der Waals surface area contributed by atoms with Gasteiger partial charge in [0.2, 0.25) is 11.8 Å². The molecule has 116 valence electrons. The average molecular weight is 319 g/mol. The largest absolute Gasteiger partial charge is 0.497 e. The second-order valence-electron chi connectivity index (χ2n) is 5.17. The van der Waals surface area contributed by atoms with Crippen molar-refractivity contribution in [2.75, 3.05) is 25.5 Å². The molecular formula is C15H17N3O3S. The summed E-state index contributed by atoms with van der Waals surface area (Å²) < 4.78 is 6.12. The minimum Gasteiger partial charge on any atom is -0.497 e. The Labute approximate surface area is 132 Å². The van der Waals surface area contributed by atoms with Gasteiger partial charge in [-0.25, -0.2) is 4.98 Å². The molecule has 1 saturated heterocycles. The first-order valence-electron chi connectivity index (χ1n) is 7.18. The van der Waals surface area contributed by atoms with E-state index in [2.05, 4.69) is 10.3 Å². The third-order valence-electron chi connectivity index (χ3n) is 3.60. The fourth-order valence-electron chi connectivity index (χ4n) is 2.45. The van der Waals surface area contributed by atoms with E-state index in [1.165, 1.54) is 11.3 Å². The van der Waals surface area contributed by atoms with Crippen molar-refractivity contribution in [3.8, 4) is 5.75 Å². The maximum absolute atomic E-state index is 12.1. The minimum atomic E-state index is -0.207. The number of aromatic nitrogens is 1. The van der Waals surface area contributed by atoms with Crippen molar-refractivity contribution in [3.63, 3.8) is 0 Å². The number of hydrogen-bond acceptors (Lipinski definition) is 5. The predicted octanol–water partition coefficient (Wildman–Crippen LogP) is 2.26. The molecule has 0 spiro atoms. The van der Waals surface area contributed by atoms with E-state index in [1.54, 1.807) is 12.0 Å². The number of hydrogen-bond donors (Lipinski definition) is 1. The molecular weight excluding hydrogens is 302 g/mol. The summed E-state index contributed by atoms with van der Waals surface area (Å²) in [6.07, 6.45) is 2.41. The number of nitrogens with one attached hydrogen (secondary N) is 1. The van der Waals surface area contributed by atoms with Crippen molar-refractivity contribution in [3.05, 3.63) is 18.2 Å². The lowest BCUT2D eigenvalue weighted by Gasteiger charge is -2.25. The van der Waals surface area contributed by atoms with Crippen molar-refractivity contribution in [1.29, 1.82) is 0 Å². The molecule has 22 heavy (non-hydrogen) atoms. The van der Waals surface area contributed by atoms with E-state index in [0.717, 1.165) is 28.8 Å². The highest BCUT2D eigenvalue weighted by atomic mass is 32.1. The molecule has 2 heterocycles. The van der Waals surface area contributed by atoms with Crippen molar-refractivity contribution in [2.45, 2.75) is 19.3 Å². The summed E-state index contributed by atoms with van der Waals surface area (Å²) >= 11 is 1.39. The van der Waals surface area contributed by atoms with Gasteiger partial charge >= 0.3 is 0 Å². The Morgan fingerprint density at radius 3 is 3.09 bits per heavy atom. The Morgan fingerprint density at radius 2 is 2.32 bits per heavy atom. The van der Waals surface area contributed by atoms with Gasteiger partial charge in [0.05, 0.1) is 23.9 Å². The van der Waals surface area contributed by atoms with Gasteiger partial charge < -0.3 is 15.0 Å². The van der Waals surface area contributed by atoms with Gasteiger partial charge in [0.15, 0.2) is 5.13 Å². The Balaban J connectivity index is 1.67. The Bertz CT molecular complexity index is 713. The number of piperidine rings is 1. The van der Waals surface area contributed by atoms with Crippen LogP contribution < -0.4 is 10.1 Å². The van der Waals surface area contributed by atoms with Gasteiger partial charge in [0.25, 0.3) is 0 Å². The number of rotatable bonds is 4. The summed E-state index contributed by atoms with van der Waals surface area (Å²) in [4.78, 5) is 29.7. The van der Waals surface area contributed by atoms with Crippen molar-refractivity contribution >= 4 is 38.5 Å². The number of methoxy groups -OCH3 is 1.